The molecule has 1 aliphatic heterocycles. The number of benzene rings is 1. The molecule has 0 atom stereocenters. The van der Waals surface area contributed by atoms with Crippen LogP contribution in [0.15, 0.2) is 24.3 Å². The number of carbonyl (C=O) groups is 1. The SMILES string of the molecule is CCC/C=C1\OC(=O)c2c(OCCC(C)C)cccc21. The van der Waals surface area contributed by atoms with Gasteiger partial charge in [0.1, 0.15) is 17.1 Å². The van der Waals surface area contributed by atoms with E-state index in [9.17, 15) is 4.79 Å². The van der Waals surface area contributed by atoms with E-state index >= 15 is 0 Å². The first-order chi connectivity index (χ1) is 9.63. The molecule has 2 rings (SSSR count). The molecule has 0 fully saturated rings. The number of fused-ring (bicyclic) bond motifs is 1. The average Bonchev–Trinajstić information content (AvgIpc) is 2.74. The summed E-state index contributed by atoms with van der Waals surface area (Å²) in [6.45, 7) is 7.02. The maximum Gasteiger partial charge on any atom is 0.348 e. The summed E-state index contributed by atoms with van der Waals surface area (Å²) in [5.74, 6) is 1.58. The predicted octanol–water partition coefficient (Wildman–Crippen LogP) is 4.42. The van der Waals surface area contributed by atoms with Gasteiger partial charge < -0.3 is 9.47 Å². The van der Waals surface area contributed by atoms with Crippen LogP contribution in [0.5, 0.6) is 5.75 Å². The van der Waals surface area contributed by atoms with Crippen molar-refractivity contribution in [3.8, 4) is 5.75 Å². The Labute approximate surface area is 120 Å². The van der Waals surface area contributed by atoms with Crippen molar-refractivity contribution in [1.82, 2.24) is 0 Å². The van der Waals surface area contributed by atoms with Crippen LogP contribution in [0.1, 0.15) is 56.0 Å². The van der Waals surface area contributed by atoms with E-state index in [-0.39, 0.29) is 5.97 Å². The second-order valence-electron chi connectivity index (χ2n) is 5.46. The number of allylic oxidation sites excluding steroid dienone is 1. The van der Waals surface area contributed by atoms with Gasteiger partial charge in [0.25, 0.3) is 0 Å². The minimum atomic E-state index is -0.303. The van der Waals surface area contributed by atoms with Crippen molar-refractivity contribution in [1.29, 1.82) is 0 Å². The van der Waals surface area contributed by atoms with E-state index in [2.05, 4.69) is 20.8 Å². The largest absolute Gasteiger partial charge is 0.493 e. The lowest BCUT2D eigenvalue weighted by atomic mass is 10.1. The van der Waals surface area contributed by atoms with Crippen molar-refractivity contribution in [3.05, 3.63) is 35.4 Å². The van der Waals surface area contributed by atoms with Crippen molar-refractivity contribution in [3.63, 3.8) is 0 Å². The molecule has 0 aromatic heterocycles. The van der Waals surface area contributed by atoms with Crippen LogP contribution in [0.25, 0.3) is 5.76 Å². The van der Waals surface area contributed by atoms with Gasteiger partial charge in [0.05, 0.1) is 6.61 Å². The average molecular weight is 274 g/mol. The van der Waals surface area contributed by atoms with Crippen LogP contribution in [-0.4, -0.2) is 12.6 Å². The van der Waals surface area contributed by atoms with Gasteiger partial charge in [-0.1, -0.05) is 39.3 Å². The molecule has 0 saturated carbocycles. The zero-order valence-corrected chi connectivity index (χ0v) is 12.4. The van der Waals surface area contributed by atoms with Gasteiger partial charge in [-0.3, -0.25) is 0 Å². The lowest BCUT2D eigenvalue weighted by molar-refractivity contribution is 0.0711. The molecule has 20 heavy (non-hydrogen) atoms. The predicted molar refractivity (Wildman–Crippen MR) is 79.7 cm³/mol. The molecule has 0 saturated heterocycles. The lowest BCUT2D eigenvalue weighted by Crippen LogP contribution is -2.05. The van der Waals surface area contributed by atoms with E-state index in [4.69, 9.17) is 9.47 Å². The number of unbranched alkanes of at least 4 members (excludes halogenated alkanes) is 1. The van der Waals surface area contributed by atoms with E-state index < -0.39 is 0 Å². The molecule has 0 radical (unpaired) electrons. The van der Waals surface area contributed by atoms with Crippen molar-refractivity contribution in [2.45, 2.75) is 40.0 Å². The third kappa shape index (κ3) is 3.21. The zero-order valence-electron chi connectivity index (χ0n) is 12.4. The molecule has 3 heteroatoms. The van der Waals surface area contributed by atoms with Crippen molar-refractivity contribution >= 4 is 11.7 Å². The van der Waals surface area contributed by atoms with Crippen LogP contribution in [-0.2, 0) is 4.74 Å². The molecule has 1 aromatic carbocycles. The second-order valence-corrected chi connectivity index (χ2v) is 5.46. The Balaban J connectivity index is 2.21. The summed E-state index contributed by atoms with van der Waals surface area (Å²) in [6.07, 6.45) is 4.88. The van der Waals surface area contributed by atoms with Crippen molar-refractivity contribution in [2.75, 3.05) is 6.61 Å². The van der Waals surface area contributed by atoms with Gasteiger partial charge in [-0.25, -0.2) is 4.79 Å². The van der Waals surface area contributed by atoms with E-state index in [0.29, 0.717) is 29.6 Å². The quantitative estimate of drug-likeness (QED) is 0.720. The number of cyclic esters (lactones) is 1. The third-order valence-corrected chi connectivity index (χ3v) is 3.27. The standard InChI is InChI=1S/C17H22O3/c1-4-5-8-14-13-7-6-9-15(16(13)17(18)20-14)19-11-10-12(2)3/h6-9,12H,4-5,10-11H2,1-3H3/b14-8-. The monoisotopic (exact) mass is 274 g/mol. The molecule has 0 N–H and O–H groups in total. The number of carbonyl (C=O) groups excluding carboxylic acids is 1. The maximum atomic E-state index is 12.0. The molecule has 0 bridgehead atoms. The number of hydrogen-bond donors (Lipinski definition) is 0. The first-order valence-corrected chi connectivity index (χ1v) is 7.32. The summed E-state index contributed by atoms with van der Waals surface area (Å²) in [7, 11) is 0. The molecule has 1 aliphatic rings. The Morgan fingerprint density at radius 3 is 2.85 bits per heavy atom. The van der Waals surface area contributed by atoms with Gasteiger partial charge in [0, 0.05) is 5.56 Å². The van der Waals surface area contributed by atoms with Gasteiger partial charge in [-0.05, 0) is 30.9 Å². The Hall–Kier alpha value is -1.77. The minimum absolute atomic E-state index is 0.303. The topological polar surface area (TPSA) is 35.5 Å². The second kappa shape index (κ2) is 6.60. The van der Waals surface area contributed by atoms with Crippen LogP contribution in [0.3, 0.4) is 0 Å². The van der Waals surface area contributed by atoms with Crippen LogP contribution >= 0.6 is 0 Å². The molecule has 0 amide bonds. The molecule has 1 aromatic rings. The molecule has 1 heterocycles. The highest BCUT2D eigenvalue weighted by Gasteiger charge is 2.29. The summed E-state index contributed by atoms with van der Waals surface area (Å²) in [5.41, 5.74) is 1.42. The van der Waals surface area contributed by atoms with Crippen molar-refractivity contribution < 1.29 is 14.3 Å². The highest BCUT2D eigenvalue weighted by molar-refractivity contribution is 6.05. The first kappa shape index (κ1) is 14.6. The Morgan fingerprint density at radius 1 is 1.35 bits per heavy atom. The normalized spacial score (nSPS) is 15.6. The van der Waals surface area contributed by atoms with E-state index in [1.165, 1.54) is 0 Å². The Kier molecular flexibility index (Phi) is 4.83. The van der Waals surface area contributed by atoms with Gasteiger partial charge in [0.2, 0.25) is 0 Å². The molecule has 108 valence electrons. The first-order valence-electron chi connectivity index (χ1n) is 7.32. The minimum Gasteiger partial charge on any atom is -0.493 e. The van der Waals surface area contributed by atoms with E-state index in [1.807, 2.05) is 24.3 Å². The van der Waals surface area contributed by atoms with E-state index in [0.717, 1.165) is 24.8 Å². The van der Waals surface area contributed by atoms with E-state index in [1.54, 1.807) is 0 Å². The molecule has 0 aliphatic carbocycles. The summed E-state index contributed by atoms with van der Waals surface area (Å²) >= 11 is 0. The van der Waals surface area contributed by atoms with Gasteiger partial charge in [-0.2, -0.15) is 0 Å². The van der Waals surface area contributed by atoms with Crippen molar-refractivity contribution in [2.24, 2.45) is 5.92 Å². The fourth-order valence-corrected chi connectivity index (χ4v) is 2.10. The van der Waals surface area contributed by atoms with Crippen LogP contribution in [0.4, 0.5) is 0 Å². The summed E-state index contributed by atoms with van der Waals surface area (Å²) in [5, 5.41) is 0. The molecule has 0 spiro atoms. The lowest BCUT2D eigenvalue weighted by Gasteiger charge is -2.09. The Morgan fingerprint density at radius 2 is 2.15 bits per heavy atom. The van der Waals surface area contributed by atoms with Crippen LogP contribution < -0.4 is 4.74 Å². The molecular formula is C17H22O3. The fourth-order valence-electron chi connectivity index (χ4n) is 2.10. The van der Waals surface area contributed by atoms with Gasteiger partial charge in [-0.15, -0.1) is 0 Å². The van der Waals surface area contributed by atoms with Gasteiger partial charge in [0.15, 0.2) is 0 Å². The van der Waals surface area contributed by atoms with Crippen LogP contribution in [0.2, 0.25) is 0 Å². The number of ether oxygens (including phenoxy) is 2. The zero-order chi connectivity index (χ0) is 14.5. The summed E-state index contributed by atoms with van der Waals surface area (Å²) < 4.78 is 11.1. The van der Waals surface area contributed by atoms with Gasteiger partial charge >= 0.3 is 5.97 Å². The smallest absolute Gasteiger partial charge is 0.348 e. The third-order valence-electron chi connectivity index (χ3n) is 3.27. The fraction of sp³-hybridized carbons (Fsp3) is 0.471. The highest BCUT2D eigenvalue weighted by atomic mass is 16.5. The number of hydrogen-bond acceptors (Lipinski definition) is 3. The highest BCUT2D eigenvalue weighted by Crippen LogP contribution is 2.36. The molecular weight excluding hydrogens is 252 g/mol. The summed E-state index contributed by atoms with van der Waals surface area (Å²) in [6, 6.07) is 5.66. The van der Waals surface area contributed by atoms with Crippen LogP contribution in [0, 0.1) is 5.92 Å². The Bertz CT molecular complexity index is 515. The maximum absolute atomic E-state index is 12.0. The summed E-state index contributed by atoms with van der Waals surface area (Å²) in [4.78, 5) is 12.0. The molecule has 3 nitrogen and oxygen atoms in total. The molecule has 0 unspecified atom stereocenters. The number of esters is 1. The number of rotatable bonds is 6.